The predicted molar refractivity (Wildman–Crippen MR) is 105 cm³/mol. The summed E-state index contributed by atoms with van der Waals surface area (Å²) in [6.45, 7) is 3.65. The molecule has 2 aromatic carbocycles. The lowest BCUT2D eigenvalue weighted by Gasteiger charge is -2.13. The molecule has 2 heterocycles. The molecule has 4 rings (SSSR count). The molecule has 2 aromatic heterocycles. The van der Waals surface area contributed by atoms with Crippen LogP contribution in [-0.4, -0.2) is 19.1 Å². The molecule has 0 atom stereocenters. The third-order valence-electron chi connectivity index (χ3n) is 4.70. The van der Waals surface area contributed by atoms with Gasteiger partial charge in [0.05, 0.1) is 24.0 Å². The van der Waals surface area contributed by atoms with Crippen LogP contribution in [-0.2, 0) is 13.1 Å². The molecule has 0 amide bonds. The third-order valence-corrected chi connectivity index (χ3v) is 4.70. The van der Waals surface area contributed by atoms with Crippen molar-refractivity contribution in [1.29, 1.82) is 0 Å². The number of aryl methyl sites for hydroxylation is 3. The van der Waals surface area contributed by atoms with Crippen LogP contribution in [0.15, 0.2) is 73.6 Å². The van der Waals surface area contributed by atoms with Gasteiger partial charge in [-0.3, -0.25) is 0 Å². The molecule has 0 fully saturated rings. The molecule has 0 unspecified atom stereocenters. The Morgan fingerprint density at radius 1 is 1.00 bits per heavy atom. The SMILES string of the molecule is Cc1cc(F)ccc1-c1c(-c2ccccc2)ncn1CCCn1ccnc1. The van der Waals surface area contributed by atoms with Crippen molar-refractivity contribution in [3.8, 4) is 22.5 Å². The van der Waals surface area contributed by atoms with Crippen LogP contribution in [0.1, 0.15) is 12.0 Å². The highest BCUT2D eigenvalue weighted by Crippen LogP contribution is 2.33. The molecule has 0 bridgehead atoms. The van der Waals surface area contributed by atoms with Crippen molar-refractivity contribution in [3.05, 3.63) is 85.0 Å². The topological polar surface area (TPSA) is 35.6 Å². The fraction of sp³-hybridized carbons (Fsp3) is 0.182. The Balaban J connectivity index is 1.71. The maximum absolute atomic E-state index is 13.6. The lowest BCUT2D eigenvalue weighted by molar-refractivity contribution is 0.565. The number of aromatic nitrogens is 4. The summed E-state index contributed by atoms with van der Waals surface area (Å²) < 4.78 is 17.9. The number of hydrogen-bond donors (Lipinski definition) is 0. The summed E-state index contributed by atoms with van der Waals surface area (Å²) >= 11 is 0. The van der Waals surface area contributed by atoms with Crippen LogP contribution < -0.4 is 0 Å². The Kier molecular flexibility index (Phi) is 4.83. The van der Waals surface area contributed by atoms with Crippen LogP contribution in [0.2, 0.25) is 0 Å². The molecule has 5 heteroatoms. The van der Waals surface area contributed by atoms with Crippen molar-refractivity contribution in [2.45, 2.75) is 26.4 Å². The molecule has 0 aliphatic heterocycles. The lowest BCUT2D eigenvalue weighted by atomic mass is 10.0. The van der Waals surface area contributed by atoms with Gasteiger partial charge in [-0.2, -0.15) is 0 Å². The van der Waals surface area contributed by atoms with E-state index in [9.17, 15) is 4.39 Å². The van der Waals surface area contributed by atoms with E-state index in [0.29, 0.717) is 0 Å². The van der Waals surface area contributed by atoms with E-state index >= 15 is 0 Å². The van der Waals surface area contributed by atoms with Crippen molar-refractivity contribution >= 4 is 0 Å². The first-order chi connectivity index (χ1) is 13.2. The van der Waals surface area contributed by atoms with Gasteiger partial charge in [-0.25, -0.2) is 14.4 Å². The standard InChI is InChI=1S/C22H21FN4/c1-17-14-19(23)8-9-20(17)22-21(18-6-3-2-4-7-18)25-16-27(22)12-5-11-26-13-10-24-15-26/h2-4,6-10,13-16H,5,11-12H2,1H3. The molecule has 4 aromatic rings. The first-order valence-corrected chi connectivity index (χ1v) is 9.05. The number of rotatable bonds is 6. The molecule has 0 aliphatic rings. The Bertz CT molecular complexity index is 1020. The summed E-state index contributed by atoms with van der Waals surface area (Å²) in [5.74, 6) is -0.219. The lowest BCUT2D eigenvalue weighted by Crippen LogP contribution is -2.04. The molecule has 0 radical (unpaired) electrons. The zero-order chi connectivity index (χ0) is 18.6. The van der Waals surface area contributed by atoms with Gasteiger partial charge in [0, 0.05) is 36.6 Å². The van der Waals surface area contributed by atoms with Gasteiger partial charge in [0.1, 0.15) is 5.82 Å². The van der Waals surface area contributed by atoms with Crippen LogP contribution >= 0.6 is 0 Å². The molecular formula is C22H21FN4. The van der Waals surface area contributed by atoms with Crippen LogP contribution in [0.3, 0.4) is 0 Å². The normalized spacial score (nSPS) is 11.0. The van der Waals surface area contributed by atoms with Crippen molar-refractivity contribution in [2.75, 3.05) is 0 Å². The van der Waals surface area contributed by atoms with E-state index in [1.54, 1.807) is 12.3 Å². The van der Waals surface area contributed by atoms with Gasteiger partial charge in [-0.15, -0.1) is 0 Å². The van der Waals surface area contributed by atoms with Gasteiger partial charge in [0.15, 0.2) is 0 Å². The van der Waals surface area contributed by atoms with E-state index in [0.717, 1.165) is 47.6 Å². The quantitative estimate of drug-likeness (QED) is 0.488. The van der Waals surface area contributed by atoms with Gasteiger partial charge in [-0.1, -0.05) is 30.3 Å². The highest BCUT2D eigenvalue weighted by Gasteiger charge is 2.16. The number of benzene rings is 2. The van der Waals surface area contributed by atoms with Gasteiger partial charge >= 0.3 is 0 Å². The number of imidazole rings is 2. The van der Waals surface area contributed by atoms with Crippen LogP contribution in [0.4, 0.5) is 4.39 Å². The molecule has 4 nitrogen and oxygen atoms in total. The summed E-state index contributed by atoms with van der Waals surface area (Å²) in [4.78, 5) is 8.78. The monoisotopic (exact) mass is 360 g/mol. The average Bonchev–Trinajstić information content (AvgIpc) is 3.33. The molecule has 136 valence electrons. The summed E-state index contributed by atoms with van der Waals surface area (Å²) in [6.07, 6.45) is 8.42. The second-order valence-electron chi connectivity index (χ2n) is 6.61. The minimum atomic E-state index is -0.219. The van der Waals surface area contributed by atoms with Crippen molar-refractivity contribution < 1.29 is 4.39 Å². The molecule has 0 saturated heterocycles. The second kappa shape index (κ2) is 7.58. The highest BCUT2D eigenvalue weighted by atomic mass is 19.1. The van der Waals surface area contributed by atoms with Gasteiger partial charge in [-0.05, 0) is 37.1 Å². The first kappa shape index (κ1) is 17.2. The minimum absolute atomic E-state index is 0.219. The summed E-state index contributed by atoms with van der Waals surface area (Å²) in [6, 6.07) is 15.1. The average molecular weight is 360 g/mol. The molecule has 0 aliphatic carbocycles. The van der Waals surface area contributed by atoms with E-state index in [1.165, 1.54) is 6.07 Å². The maximum atomic E-state index is 13.6. The molecule has 27 heavy (non-hydrogen) atoms. The molecular weight excluding hydrogens is 339 g/mol. The highest BCUT2D eigenvalue weighted by molar-refractivity contribution is 5.80. The van der Waals surface area contributed by atoms with Crippen LogP contribution in [0.25, 0.3) is 22.5 Å². The fourth-order valence-electron chi connectivity index (χ4n) is 3.38. The van der Waals surface area contributed by atoms with E-state index in [-0.39, 0.29) is 5.82 Å². The molecule has 0 spiro atoms. The smallest absolute Gasteiger partial charge is 0.123 e. The second-order valence-corrected chi connectivity index (χ2v) is 6.61. The molecule has 0 saturated carbocycles. The van der Waals surface area contributed by atoms with Crippen LogP contribution in [0.5, 0.6) is 0 Å². The Morgan fingerprint density at radius 2 is 1.85 bits per heavy atom. The van der Waals surface area contributed by atoms with Crippen molar-refractivity contribution in [3.63, 3.8) is 0 Å². The Morgan fingerprint density at radius 3 is 2.59 bits per heavy atom. The van der Waals surface area contributed by atoms with E-state index in [2.05, 4.69) is 26.3 Å². The minimum Gasteiger partial charge on any atom is -0.337 e. The zero-order valence-electron chi connectivity index (χ0n) is 15.2. The number of hydrogen-bond acceptors (Lipinski definition) is 2. The van der Waals surface area contributed by atoms with Crippen molar-refractivity contribution in [1.82, 2.24) is 19.1 Å². The fourth-order valence-corrected chi connectivity index (χ4v) is 3.38. The third kappa shape index (κ3) is 3.67. The first-order valence-electron chi connectivity index (χ1n) is 9.05. The van der Waals surface area contributed by atoms with Gasteiger partial charge in [0.2, 0.25) is 0 Å². The number of nitrogens with zero attached hydrogens (tertiary/aromatic N) is 4. The predicted octanol–water partition coefficient (Wildman–Crippen LogP) is 4.95. The largest absolute Gasteiger partial charge is 0.337 e. The van der Waals surface area contributed by atoms with Gasteiger partial charge < -0.3 is 9.13 Å². The Hall–Kier alpha value is -3.21. The summed E-state index contributed by atoms with van der Waals surface area (Å²) in [5, 5.41) is 0. The Labute approximate surface area is 158 Å². The summed E-state index contributed by atoms with van der Waals surface area (Å²) in [5.41, 5.74) is 4.93. The summed E-state index contributed by atoms with van der Waals surface area (Å²) in [7, 11) is 0. The zero-order valence-corrected chi connectivity index (χ0v) is 15.2. The molecule has 0 N–H and O–H groups in total. The maximum Gasteiger partial charge on any atom is 0.123 e. The van der Waals surface area contributed by atoms with E-state index in [1.807, 2.05) is 50.0 Å². The number of halogens is 1. The van der Waals surface area contributed by atoms with E-state index in [4.69, 9.17) is 4.98 Å². The van der Waals surface area contributed by atoms with E-state index < -0.39 is 0 Å². The van der Waals surface area contributed by atoms with Crippen LogP contribution in [0, 0.1) is 12.7 Å². The van der Waals surface area contributed by atoms with Crippen molar-refractivity contribution in [2.24, 2.45) is 0 Å². The van der Waals surface area contributed by atoms with Gasteiger partial charge in [0.25, 0.3) is 0 Å².